The Labute approximate surface area is 198 Å². The second kappa shape index (κ2) is 9.55. The van der Waals surface area contributed by atoms with Gasteiger partial charge in [0.25, 0.3) is 5.91 Å². The summed E-state index contributed by atoms with van der Waals surface area (Å²) >= 11 is 3.21. The molecule has 0 atom stereocenters. The van der Waals surface area contributed by atoms with Crippen LogP contribution >= 0.6 is 23.1 Å². The van der Waals surface area contributed by atoms with E-state index >= 15 is 0 Å². The number of nitrogens with two attached hydrogens (primary N) is 1. The molecule has 4 aromatic rings. The van der Waals surface area contributed by atoms with Gasteiger partial charge in [0.05, 0.1) is 11.4 Å². The van der Waals surface area contributed by atoms with Crippen LogP contribution in [0.4, 0.5) is 5.82 Å². The number of hydrogen-bond donors (Lipinski definition) is 2. The van der Waals surface area contributed by atoms with E-state index in [1.54, 1.807) is 11.3 Å². The summed E-state index contributed by atoms with van der Waals surface area (Å²) in [6, 6.07) is 10.1. The van der Waals surface area contributed by atoms with Gasteiger partial charge in [0.15, 0.2) is 5.69 Å². The summed E-state index contributed by atoms with van der Waals surface area (Å²) in [6.07, 6.45) is 0. The highest BCUT2D eigenvalue weighted by atomic mass is 32.2. The zero-order chi connectivity index (χ0) is 23.5. The Morgan fingerprint density at radius 3 is 2.64 bits per heavy atom. The second-order valence-corrected chi connectivity index (χ2v) is 9.85. The van der Waals surface area contributed by atoms with Crippen molar-refractivity contribution >= 4 is 40.5 Å². The first-order chi connectivity index (χ1) is 15.8. The van der Waals surface area contributed by atoms with Crippen LogP contribution in [0.1, 0.15) is 44.0 Å². The monoisotopic (exact) mass is 482 g/mol. The van der Waals surface area contributed by atoms with Crippen LogP contribution in [0, 0.1) is 20.8 Å². The largest absolute Gasteiger partial charge is 0.378 e. The molecule has 0 spiro atoms. The van der Waals surface area contributed by atoms with E-state index in [1.807, 2.05) is 58.0 Å². The van der Waals surface area contributed by atoms with Gasteiger partial charge < -0.3 is 5.73 Å². The lowest BCUT2D eigenvalue weighted by Gasteiger charge is -2.06. The normalized spacial score (nSPS) is 11.7. The fraction of sp³-hybridized carbons (Fsp3) is 0.238. The summed E-state index contributed by atoms with van der Waals surface area (Å²) in [5.74, 6) is 0.117. The van der Waals surface area contributed by atoms with Crippen molar-refractivity contribution in [3.05, 3.63) is 62.6 Å². The molecule has 1 amide bonds. The number of carbonyl (C=O) groups excluding carboxylic acids is 1. The van der Waals surface area contributed by atoms with Crippen LogP contribution in [-0.4, -0.2) is 36.9 Å². The van der Waals surface area contributed by atoms with Gasteiger partial charge in [-0.3, -0.25) is 4.79 Å². The number of carbonyl (C=O) groups is 1. The molecule has 4 rings (SSSR count). The molecule has 0 bridgehead atoms. The summed E-state index contributed by atoms with van der Waals surface area (Å²) < 4.78 is 6.07. The molecule has 0 aliphatic carbocycles. The van der Waals surface area contributed by atoms with Gasteiger partial charge in [0, 0.05) is 26.0 Å². The molecule has 3 aromatic heterocycles. The highest BCUT2D eigenvalue weighted by Gasteiger charge is 2.24. The lowest BCUT2D eigenvalue weighted by atomic mass is 10.2. The predicted octanol–water partition coefficient (Wildman–Crippen LogP) is 3.67. The average Bonchev–Trinajstić information content (AvgIpc) is 3.49. The molecule has 170 valence electrons. The van der Waals surface area contributed by atoms with E-state index in [9.17, 15) is 4.79 Å². The molecule has 1 aromatic carbocycles. The first-order valence-electron chi connectivity index (χ1n) is 9.98. The Morgan fingerprint density at radius 2 is 2.00 bits per heavy atom. The molecule has 33 heavy (non-hydrogen) atoms. The van der Waals surface area contributed by atoms with E-state index in [-0.39, 0.29) is 17.3 Å². The molecule has 10 nitrogen and oxygen atoms in total. The number of nitrogen functional groups attached to an aromatic ring is 1. The maximum Gasteiger partial charge on any atom is 0.293 e. The van der Waals surface area contributed by atoms with Crippen LogP contribution in [0.25, 0.3) is 5.82 Å². The van der Waals surface area contributed by atoms with Crippen LogP contribution in [0.2, 0.25) is 0 Å². The van der Waals surface area contributed by atoms with E-state index in [1.165, 1.54) is 21.3 Å². The highest BCUT2D eigenvalue weighted by molar-refractivity contribution is 7.98. The molecule has 0 fully saturated rings. The summed E-state index contributed by atoms with van der Waals surface area (Å²) in [5, 5.41) is 19.8. The van der Waals surface area contributed by atoms with Gasteiger partial charge in [-0.1, -0.05) is 22.9 Å². The van der Waals surface area contributed by atoms with Crippen LogP contribution in [0.15, 0.2) is 45.0 Å². The predicted molar refractivity (Wildman–Crippen MR) is 128 cm³/mol. The Morgan fingerprint density at radius 1 is 1.24 bits per heavy atom. The van der Waals surface area contributed by atoms with Crippen LogP contribution in [0.3, 0.4) is 0 Å². The molecule has 0 unspecified atom stereocenters. The number of hydrogen-bond acceptors (Lipinski definition) is 10. The van der Waals surface area contributed by atoms with E-state index in [4.69, 9.17) is 10.4 Å². The van der Waals surface area contributed by atoms with Gasteiger partial charge in [-0.15, -0.1) is 28.2 Å². The SMILES string of the molecule is C/C(=N/NC(=O)c1nnn(-c2nonc2N)c1CSc1ccc(C)cc1)c1cc(C)sc1C. The van der Waals surface area contributed by atoms with Crippen LogP contribution in [0.5, 0.6) is 0 Å². The van der Waals surface area contributed by atoms with Gasteiger partial charge in [0.2, 0.25) is 11.6 Å². The Kier molecular flexibility index (Phi) is 6.56. The molecular weight excluding hydrogens is 460 g/mol. The van der Waals surface area contributed by atoms with Gasteiger partial charge >= 0.3 is 0 Å². The topological polar surface area (TPSA) is 137 Å². The number of benzene rings is 1. The van der Waals surface area contributed by atoms with Gasteiger partial charge in [-0.05, 0) is 56.2 Å². The third-order valence-electron chi connectivity index (χ3n) is 4.83. The molecular formula is C21H22N8O2S2. The lowest BCUT2D eigenvalue weighted by molar-refractivity contribution is 0.0949. The number of thiophene rings is 1. The molecule has 0 aliphatic heterocycles. The molecule has 0 aliphatic rings. The quantitative estimate of drug-likeness (QED) is 0.231. The maximum absolute atomic E-state index is 13.0. The number of rotatable bonds is 7. The van der Waals surface area contributed by atoms with Crippen molar-refractivity contribution in [2.24, 2.45) is 5.10 Å². The first kappa shape index (κ1) is 22.7. The van der Waals surface area contributed by atoms with Crippen molar-refractivity contribution in [1.82, 2.24) is 30.7 Å². The highest BCUT2D eigenvalue weighted by Crippen LogP contribution is 2.26. The summed E-state index contributed by atoms with van der Waals surface area (Å²) in [6.45, 7) is 7.93. The van der Waals surface area contributed by atoms with E-state index in [0.717, 1.165) is 20.9 Å². The molecule has 0 saturated heterocycles. The summed E-state index contributed by atoms with van der Waals surface area (Å²) in [5.41, 5.74) is 11.9. The van der Waals surface area contributed by atoms with Crippen molar-refractivity contribution in [1.29, 1.82) is 0 Å². The smallest absolute Gasteiger partial charge is 0.293 e. The minimum atomic E-state index is -0.486. The summed E-state index contributed by atoms with van der Waals surface area (Å²) in [4.78, 5) is 16.3. The minimum absolute atomic E-state index is 0.0469. The Balaban J connectivity index is 1.61. The molecule has 0 radical (unpaired) electrons. The third-order valence-corrected chi connectivity index (χ3v) is 6.82. The standard InChI is InChI=1S/C21H22N8O2S2/c1-11-5-7-15(8-6-11)32-10-17-18(24-28-29(17)20-19(22)26-31-27-20)21(30)25-23-13(3)16-9-12(2)33-14(16)4/h5-9H,10H2,1-4H3,(H2,22,26)(H,25,30)/b23-13-. The van der Waals surface area contributed by atoms with Gasteiger partial charge in [-0.2, -0.15) is 9.78 Å². The minimum Gasteiger partial charge on any atom is -0.378 e. The van der Waals surface area contributed by atoms with Crippen molar-refractivity contribution in [3.63, 3.8) is 0 Å². The number of nitrogens with one attached hydrogen (secondary N) is 1. The third kappa shape index (κ3) is 4.96. The van der Waals surface area contributed by atoms with Crippen molar-refractivity contribution in [3.8, 4) is 5.82 Å². The molecule has 12 heteroatoms. The van der Waals surface area contributed by atoms with E-state index < -0.39 is 5.91 Å². The fourth-order valence-corrected chi connectivity index (χ4v) is 5.01. The fourth-order valence-electron chi connectivity index (χ4n) is 3.14. The van der Waals surface area contributed by atoms with Gasteiger partial charge in [-0.25, -0.2) is 10.1 Å². The van der Waals surface area contributed by atoms with Crippen LogP contribution < -0.4 is 11.2 Å². The maximum atomic E-state index is 13.0. The second-order valence-electron chi connectivity index (χ2n) is 7.34. The average molecular weight is 483 g/mol. The number of amides is 1. The summed E-state index contributed by atoms with van der Waals surface area (Å²) in [7, 11) is 0. The van der Waals surface area contributed by atoms with Crippen molar-refractivity contribution in [2.45, 2.75) is 38.3 Å². The zero-order valence-corrected chi connectivity index (χ0v) is 20.1. The number of anilines is 1. The van der Waals surface area contributed by atoms with Crippen molar-refractivity contribution < 1.29 is 9.42 Å². The molecule has 3 N–H and O–H groups in total. The number of aryl methyl sites for hydroxylation is 3. The van der Waals surface area contributed by atoms with Crippen LogP contribution in [-0.2, 0) is 5.75 Å². The Hall–Kier alpha value is -3.51. The van der Waals surface area contributed by atoms with Gasteiger partial charge in [0.1, 0.15) is 0 Å². The van der Waals surface area contributed by atoms with E-state index in [2.05, 4.69) is 31.2 Å². The first-order valence-corrected chi connectivity index (χ1v) is 11.8. The number of hydrazone groups is 1. The lowest BCUT2D eigenvalue weighted by Crippen LogP contribution is -2.21. The Bertz CT molecular complexity index is 1320. The number of aromatic nitrogens is 5. The van der Waals surface area contributed by atoms with Crippen molar-refractivity contribution in [2.75, 3.05) is 5.73 Å². The number of nitrogens with zero attached hydrogens (tertiary/aromatic N) is 6. The molecule has 3 heterocycles. The molecule has 0 saturated carbocycles. The van der Waals surface area contributed by atoms with E-state index in [0.29, 0.717) is 17.2 Å². The zero-order valence-electron chi connectivity index (χ0n) is 18.5. The number of thioether (sulfide) groups is 1.